The van der Waals surface area contributed by atoms with Crippen molar-refractivity contribution < 1.29 is 4.79 Å². The number of aromatic nitrogens is 1. The summed E-state index contributed by atoms with van der Waals surface area (Å²) in [6, 6.07) is 2.05. The molecule has 0 aliphatic carbocycles. The molecule has 0 spiro atoms. The summed E-state index contributed by atoms with van der Waals surface area (Å²) in [5.41, 5.74) is 1.22. The maximum absolute atomic E-state index is 11.5. The van der Waals surface area contributed by atoms with Crippen LogP contribution in [-0.2, 0) is 17.9 Å². The van der Waals surface area contributed by atoms with E-state index >= 15 is 0 Å². The molecule has 0 radical (unpaired) electrons. The van der Waals surface area contributed by atoms with Gasteiger partial charge in [0.2, 0.25) is 5.91 Å². The molecule has 96 valence electrons. The van der Waals surface area contributed by atoms with Gasteiger partial charge in [-0.25, -0.2) is 0 Å². The van der Waals surface area contributed by atoms with Crippen LogP contribution in [0.1, 0.15) is 19.4 Å². The SMILES string of the molecule is CC(C)CNCc1ccn(CC(=O)N(C)C)c1. The van der Waals surface area contributed by atoms with Crippen LogP contribution in [-0.4, -0.2) is 36.0 Å². The van der Waals surface area contributed by atoms with E-state index in [0.717, 1.165) is 13.1 Å². The summed E-state index contributed by atoms with van der Waals surface area (Å²) in [7, 11) is 3.55. The molecule has 0 aromatic carbocycles. The average Bonchev–Trinajstić information content (AvgIpc) is 2.65. The average molecular weight is 237 g/mol. The molecule has 0 saturated heterocycles. The molecule has 0 unspecified atom stereocenters. The minimum Gasteiger partial charge on any atom is -0.347 e. The van der Waals surface area contributed by atoms with Crippen molar-refractivity contribution in [3.05, 3.63) is 24.0 Å². The Balaban J connectivity index is 2.40. The quantitative estimate of drug-likeness (QED) is 0.810. The second-order valence-electron chi connectivity index (χ2n) is 5.00. The lowest BCUT2D eigenvalue weighted by Gasteiger charge is -2.10. The molecule has 1 amide bonds. The first kappa shape index (κ1) is 13.8. The maximum atomic E-state index is 11.5. The predicted octanol–water partition coefficient (Wildman–Crippen LogP) is 1.32. The number of nitrogens with zero attached hydrogens (tertiary/aromatic N) is 2. The fourth-order valence-corrected chi connectivity index (χ4v) is 1.50. The summed E-state index contributed by atoms with van der Waals surface area (Å²) in [6.07, 6.45) is 3.97. The van der Waals surface area contributed by atoms with E-state index < -0.39 is 0 Å². The van der Waals surface area contributed by atoms with E-state index in [4.69, 9.17) is 0 Å². The normalized spacial score (nSPS) is 10.9. The number of carbonyl (C=O) groups is 1. The van der Waals surface area contributed by atoms with Crippen molar-refractivity contribution in [3.8, 4) is 0 Å². The molecule has 0 saturated carbocycles. The van der Waals surface area contributed by atoms with Gasteiger partial charge in [-0.05, 0) is 24.1 Å². The van der Waals surface area contributed by atoms with Gasteiger partial charge in [0.1, 0.15) is 6.54 Å². The lowest BCUT2D eigenvalue weighted by molar-refractivity contribution is -0.129. The Bertz CT molecular complexity index is 355. The van der Waals surface area contributed by atoms with E-state index in [9.17, 15) is 4.79 Å². The number of rotatable bonds is 6. The summed E-state index contributed by atoms with van der Waals surface area (Å²) in [6.45, 7) is 6.67. The molecular weight excluding hydrogens is 214 g/mol. The highest BCUT2D eigenvalue weighted by atomic mass is 16.2. The molecule has 4 nitrogen and oxygen atoms in total. The summed E-state index contributed by atoms with van der Waals surface area (Å²) in [5, 5.41) is 3.38. The van der Waals surface area contributed by atoms with Crippen LogP contribution in [0.3, 0.4) is 0 Å². The van der Waals surface area contributed by atoms with Gasteiger partial charge in [0.15, 0.2) is 0 Å². The standard InChI is InChI=1S/C13H23N3O/c1-11(2)7-14-8-12-5-6-16(9-12)10-13(17)15(3)4/h5-6,9,11,14H,7-8,10H2,1-4H3. The van der Waals surface area contributed by atoms with Gasteiger partial charge < -0.3 is 14.8 Å². The Morgan fingerprint density at radius 2 is 2.18 bits per heavy atom. The molecule has 0 aliphatic rings. The Labute approximate surface area is 104 Å². The van der Waals surface area contributed by atoms with E-state index in [1.165, 1.54) is 5.56 Å². The molecule has 4 heteroatoms. The van der Waals surface area contributed by atoms with Crippen LogP contribution in [0.4, 0.5) is 0 Å². The van der Waals surface area contributed by atoms with Gasteiger partial charge in [-0.15, -0.1) is 0 Å². The Hall–Kier alpha value is -1.29. The van der Waals surface area contributed by atoms with Gasteiger partial charge in [-0.3, -0.25) is 4.79 Å². The molecule has 0 aliphatic heterocycles. The number of likely N-dealkylation sites (N-methyl/N-ethyl adjacent to an activating group) is 1. The van der Waals surface area contributed by atoms with Gasteiger partial charge >= 0.3 is 0 Å². The Kier molecular flexibility index (Phi) is 5.22. The number of amides is 1. The molecule has 1 N–H and O–H groups in total. The van der Waals surface area contributed by atoms with Crippen LogP contribution < -0.4 is 5.32 Å². The van der Waals surface area contributed by atoms with Gasteiger partial charge in [-0.1, -0.05) is 13.8 Å². The zero-order valence-corrected chi connectivity index (χ0v) is 11.2. The Morgan fingerprint density at radius 3 is 2.76 bits per heavy atom. The fraction of sp³-hybridized carbons (Fsp3) is 0.615. The molecule has 0 bridgehead atoms. The molecule has 1 rings (SSSR count). The van der Waals surface area contributed by atoms with Crippen LogP contribution in [0.25, 0.3) is 0 Å². The monoisotopic (exact) mass is 237 g/mol. The zero-order chi connectivity index (χ0) is 12.8. The lowest BCUT2D eigenvalue weighted by Crippen LogP contribution is -2.25. The minimum atomic E-state index is 0.113. The second kappa shape index (κ2) is 6.45. The van der Waals surface area contributed by atoms with Crippen LogP contribution in [0.2, 0.25) is 0 Å². The van der Waals surface area contributed by atoms with E-state index in [-0.39, 0.29) is 5.91 Å². The van der Waals surface area contributed by atoms with Gasteiger partial charge in [0, 0.05) is 33.0 Å². The van der Waals surface area contributed by atoms with E-state index in [1.807, 2.05) is 17.0 Å². The van der Waals surface area contributed by atoms with Crippen molar-refractivity contribution in [2.75, 3.05) is 20.6 Å². The number of hydrogen-bond donors (Lipinski definition) is 1. The number of carbonyl (C=O) groups excluding carboxylic acids is 1. The fourth-order valence-electron chi connectivity index (χ4n) is 1.50. The maximum Gasteiger partial charge on any atom is 0.241 e. The van der Waals surface area contributed by atoms with Crippen molar-refractivity contribution in [1.82, 2.24) is 14.8 Å². The van der Waals surface area contributed by atoms with Crippen molar-refractivity contribution in [2.45, 2.75) is 26.9 Å². The molecule has 0 atom stereocenters. The lowest BCUT2D eigenvalue weighted by atomic mass is 10.2. The first-order chi connectivity index (χ1) is 7.99. The topological polar surface area (TPSA) is 37.3 Å². The highest BCUT2D eigenvalue weighted by molar-refractivity contribution is 5.75. The Morgan fingerprint density at radius 1 is 1.47 bits per heavy atom. The van der Waals surface area contributed by atoms with Gasteiger partial charge in [0.05, 0.1) is 0 Å². The minimum absolute atomic E-state index is 0.113. The smallest absolute Gasteiger partial charge is 0.241 e. The third-order valence-corrected chi connectivity index (χ3v) is 2.51. The third-order valence-electron chi connectivity index (χ3n) is 2.51. The van der Waals surface area contributed by atoms with Crippen LogP contribution in [0.5, 0.6) is 0 Å². The molecule has 1 aromatic rings. The van der Waals surface area contributed by atoms with Crippen molar-refractivity contribution in [1.29, 1.82) is 0 Å². The first-order valence-corrected chi connectivity index (χ1v) is 6.04. The zero-order valence-electron chi connectivity index (χ0n) is 11.2. The largest absolute Gasteiger partial charge is 0.347 e. The van der Waals surface area contributed by atoms with Gasteiger partial charge in [-0.2, -0.15) is 0 Å². The van der Waals surface area contributed by atoms with Crippen molar-refractivity contribution in [2.24, 2.45) is 5.92 Å². The molecular formula is C13H23N3O. The van der Waals surface area contributed by atoms with E-state index in [2.05, 4.69) is 25.2 Å². The molecule has 17 heavy (non-hydrogen) atoms. The number of nitrogens with one attached hydrogen (secondary N) is 1. The van der Waals surface area contributed by atoms with Gasteiger partial charge in [0.25, 0.3) is 0 Å². The highest BCUT2D eigenvalue weighted by Gasteiger charge is 2.05. The number of hydrogen-bond acceptors (Lipinski definition) is 2. The molecule has 1 heterocycles. The van der Waals surface area contributed by atoms with E-state index in [1.54, 1.807) is 19.0 Å². The summed E-state index contributed by atoms with van der Waals surface area (Å²) in [4.78, 5) is 13.1. The van der Waals surface area contributed by atoms with Crippen molar-refractivity contribution in [3.63, 3.8) is 0 Å². The summed E-state index contributed by atoms with van der Waals surface area (Å²) in [5.74, 6) is 0.773. The third kappa shape index (κ3) is 5.04. The van der Waals surface area contributed by atoms with Crippen LogP contribution in [0, 0.1) is 5.92 Å². The first-order valence-electron chi connectivity index (χ1n) is 6.04. The molecule has 1 aromatic heterocycles. The van der Waals surface area contributed by atoms with Crippen LogP contribution >= 0.6 is 0 Å². The predicted molar refractivity (Wildman–Crippen MR) is 69.7 cm³/mol. The second-order valence-corrected chi connectivity index (χ2v) is 5.00. The van der Waals surface area contributed by atoms with Crippen molar-refractivity contribution >= 4 is 5.91 Å². The molecule has 0 fully saturated rings. The van der Waals surface area contributed by atoms with E-state index in [0.29, 0.717) is 12.5 Å². The highest BCUT2D eigenvalue weighted by Crippen LogP contribution is 2.02. The summed E-state index contributed by atoms with van der Waals surface area (Å²) >= 11 is 0. The summed E-state index contributed by atoms with van der Waals surface area (Å²) < 4.78 is 1.93. The van der Waals surface area contributed by atoms with Crippen LogP contribution in [0.15, 0.2) is 18.5 Å².